The van der Waals surface area contributed by atoms with Gasteiger partial charge in [-0.25, -0.2) is 9.48 Å². The molecule has 7 heteroatoms. The first kappa shape index (κ1) is 17.5. The Morgan fingerprint density at radius 2 is 1.71 bits per heavy atom. The maximum Gasteiger partial charge on any atom is 0.350 e. The summed E-state index contributed by atoms with van der Waals surface area (Å²) in [4.78, 5) is 24.9. The molecule has 28 heavy (non-hydrogen) atoms. The number of amides is 1. The predicted octanol–water partition coefficient (Wildman–Crippen LogP) is 2.83. The van der Waals surface area contributed by atoms with Gasteiger partial charge in [0.25, 0.3) is 5.91 Å². The van der Waals surface area contributed by atoms with Gasteiger partial charge in [0, 0.05) is 11.9 Å². The molecule has 0 atom stereocenters. The van der Waals surface area contributed by atoms with Crippen molar-refractivity contribution in [1.82, 2.24) is 14.2 Å². The standard InChI is InChI=1S/C21H18N4O3/c26-20(22-16-8-2-1-3-9-16)17-10-4-5-11-18(17)28-15-14-25-21(27)24-13-7-6-12-19(24)23-25/h1-13H,14-15H2,(H,22,26). The smallest absolute Gasteiger partial charge is 0.350 e. The van der Waals surface area contributed by atoms with E-state index in [2.05, 4.69) is 10.4 Å². The molecule has 1 amide bonds. The lowest BCUT2D eigenvalue weighted by Crippen LogP contribution is -2.24. The average Bonchev–Trinajstić information content (AvgIpc) is 3.05. The zero-order valence-electron chi connectivity index (χ0n) is 15.0. The first-order valence-corrected chi connectivity index (χ1v) is 8.85. The number of hydrogen-bond acceptors (Lipinski definition) is 4. The molecule has 0 saturated heterocycles. The number of aromatic nitrogens is 3. The predicted molar refractivity (Wildman–Crippen MR) is 106 cm³/mol. The normalized spacial score (nSPS) is 10.7. The quantitative estimate of drug-likeness (QED) is 0.563. The van der Waals surface area contributed by atoms with E-state index in [1.807, 2.05) is 36.4 Å². The second kappa shape index (κ2) is 7.79. The number of carbonyl (C=O) groups excluding carboxylic acids is 1. The lowest BCUT2D eigenvalue weighted by molar-refractivity contribution is 0.102. The Kier molecular flexibility index (Phi) is 4.88. The highest BCUT2D eigenvalue weighted by Gasteiger charge is 2.13. The number of ether oxygens (including phenoxy) is 1. The van der Waals surface area contributed by atoms with E-state index in [1.165, 1.54) is 9.08 Å². The Morgan fingerprint density at radius 3 is 2.54 bits per heavy atom. The second-order valence-electron chi connectivity index (χ2n) is 6.10. The molecule has 4 rings (SSSR count). The zero-order valence-corrected chi connectivity index (χ0v) is 15.0. The highest BCUT2D eigenvalue weighted by atomic mass is 16.5. The van der Waals surface area contributed by atoms with Gasteiger partial charge in [0.1, 0.15) is 12.4 Å². The molecule has 4 aromatic rings. The number of carbonyl (C=O) groups is 1. The summed E-state index contributed by atoms with van der Waals surface area (Å²) in [7, 11) is 0. The van der Waals surface area contributed by atoms with Crippen LogP contribution in [0.2, 0.25) is 0 Å². The van der Waals surface area contributed by atoms with Crippen LogP contribution in [0.15, 0.2) is 83.8 Å². The van der Waals surface area contributed by atoms with Crippen molar-refractivity contribution < 1.29 is 9.53 Å². The Hall–Kier alpha value is -3.87. The van der Waals surface area contributed by atoms with Crippen molar-refractivity contribution in [3.63, 3.8) is 0 Å². The molecule has 0 aliphatic rings. The molecule has 0 saturated carbocycles. The van der Waals surface area contributed by atoms with E-state index in [0.29, 0.717) is 22.6 Å². The van der Waals surface area contributed by atoms with Crippen molar-refractivity contribution in [1.29, 1.82) is 0 Å². The molecule has 0 spiro atoms. The summed E-state index contributed by atoms with van der Waals surface area (Å²) in [6, 6.07) is 21.6. The van der Waals surface area contributed by atoms with Gasteiger partial charge >= 0.3 is 5.69 Å². The van der Waals surface area contributed by atoms with Crippen molar-refractivity contribution >= 4 is 17.2 Å². The van der Waals surface area contributed by atoms with Gasteiger partial charge in [-0.2, -0.15) is 0 Å². The summed E-state index contributed by atoms with van der Waals surface area (Å²) < 4.78 is 8.60. The SMILES string of the molecule is O=C(Nc1ccccc1)c1ccccc1OCCn1nc2ccccn2c1=O. The first-order valence-electron chi connectivity index (χ1n) is 8.85. The van der Waals surface area contributed by atoms with Crippen LogP contribution in [0.4, 0.5) is 5.69 Å². The van der Waals surface area contributed by atoms with E-state index >= 15 is 0 Å². The van der Waals surface area contributed by atoms with Gasteiger partial charge in [-0.3, -0.25) is 9.20 Å². The highest BCUT2D eigenvalue weighted by molar-refractivity contribution is 6.06. The van der Waals surface area contributed by atoms with E-state index in [-0.39, 0.29) is 24.7 Å². The monoisotopic (exact) mass is 374 g/mol. The lowest BCUT2D eigenvalue weighted by Gasteiger charge is -2.11. The molecular weight excluding hydrogens is 356 g/mol. The number of benzene rings is 2. The number of anilines is 1. The Balaban J connectivity index is 1.46. The molecule has 2 aromatic heterocycles. The number of nitrogens with zero attached hydrogens (tertiary/aromatic N) is 3. The van der Waals surface area contributed by atoms with E-state index in [4.69, 9.17) is 4.74 Å². The van der Waals surface area contributed by atoms with Crippen LogP contribution in [0.3, 0.4) is 0 Å². The van der Waals surface area contributed by atoms with Crippen molar-refractivity contribution in [3.05, 3.63) is 95.0 Å². The highest BCUT2D eigenvalue weighted by Crippen LogP contribution is 2.19. The fourth-order valence-electron chi connectivity index (χ4n) is 2.86. The second-order valence-corrected chi connectivity index (χ2v) is 6.10. The summed E-state index contributed by atoms with van der Waals surface area (Å²) in [5.74, 6) is 0.194. The van der Waals surface area contributed by atoms with Crippen LogP contribution in [0.5, 0.6) is 5.75 Å². The topological polar surface area (TPSA) is 77.6 Å². The third-order valence-corrected chi connectivity index (χ3v) is 4.21. The van der Waals surface area contributed by atoms with Crippen LogP contribution < -0.4 is 15.7 Å². The molecule has 0 aliphatic heterocycles. The van der Waals surface area contributed by atoms with Gasteiger partial charge < -0.3 is 10.1 Å². The van der Waals surface area contributed by atoms with Crippen LogP contribution in [0.25, 0.3) is 5.65 Å². The van der Waals surface area contributed by atoms with Crippen molar-refractivity contribution in [2.75, 3.05) is 11.9 Å². The molecular formula is C21H18N4O3. The minimum atomic E-state index is -0.258. The first-order chi connectivity index (χ1) is 13.7. The summed E-state index contributed by atoms with van der Waals surface area (Å²) in [6.07, 6.45) is 1.67. The number of fused-ring (bicyclic) bond motifs is 1. The fourth-order valence-corrected chi connectivity index (χ4v) is 2.86. The van der Waals surface area contributed by atoms with Gasteiger partial charge in [0.05, 0.1) is 12.1 Å². The minimum Gasteiger partial charge on any atom is -0.491 e. The molecule has 2 heterocycles. The molecule has 0 aliphatic carbocycles. The van der Waals surface area contributed by atoms with Crippen molar-refractivity contribution in [2.24, 2.45) is 0 Å². The summed E-state index contributed by atoms with van der Waals surface area (Å²) >= 11 is 0. The average molecular weight is 374 g/mol. The Labute approximate surface area is 160 Å². The molecule has 0 bridgehead atoms. The molecule has 0 unspecified atom stereocenters. The molecule has 140 valence electrons. The maximum atomic E-state index is 12.6. The molecule has 0 fully saturated rings. The van der Waals surface area contributed by atoms with Crippen LogP contribution in [0, 0.1) is 0 Å². The Morgan fingerprint density at radius 1 is 0.964 bits per heavy atom. The summed E-state index contributed by atoms with van der Waals surface area (Å²) in [5.41, 5.74) is 1.48. The lowest BCUT2D eigenvalue weighted by atomic mass is 10.2. The van der Waals surface area contributed by atoms with E-state index < -0.39 is 0 Å². The van der Waals surface area contributed by atoms with E-state index in [0.717, 1.165) is 0 Å². The van der Waals surface area contributed by atoms with Crippen LogP contribution in [-0.4, -0.2) is 26.7 Å². The zero-order chi connectivity index (χ0) is 19.3. The van der Waals surface area contributed by atoms with Crippen LogP contribution in [-0.2, 0) is 6.54 Å². The van der Waals surface area contributed by atoms with Gasteiger partial charge in [0.2, 0.25) is 0 Å². The number of nitrogens with one attached hydrogen (secondary N) is 1. The molecule has 7 nitrogen and oxygen atoms in total. The maximum absolute atomic E-state index is 12.6. The van der Waals surface area contributed by atoms with Gasteiger partial charge in [-0.15, -0.1) is 5.10 Å². The number of pyridine rings is 1. The largest absolute Gasteiger partial charge is 0.491 e. The number of rotatable bonds is 6. The summed E-state index contributed by atoms with van der Waals surface area (Å²) in [6.45, 7) is 0.481. The number of para-hydroxylation sites is 2. The van der Waals surface area contributed by atoms with Crippen LogP contribution >= 0.6 is 0 Å². The Bertz CT molecular complexity index is 1160. The molecule has 0 radical (unpaired) electrons. The van der Waals surface area contributed by atoms with Crippen LogP contribution in [0.1, 0.15) is 10.4 Å². The van der Waals surface area contributed by atoms with Gasteiger partial charge in [-0.05, 0) is 36.4 Å². The molecule has 2 aromatic carbocycles. The van der Waals surface area contributed by atoms with E-state index in [9.17, 15) is 9.59 Å². The fraction of sp³-hybridized carbons (Fsp3) is 0.0952. The van der Waals surface area contributed by atoms with Crippen molar-refractivity contribution in [3.8, 4) is 5.75 Å². The van der Waals surface area contributed by atoms with E-state index in [1.54, 1.807) is 42.6 Å². The third-order valence-electron chi connectivity index (χ3n) is 4.21. The van der Waals surface area contributed by atoms with Gasteiger partial charge in [-0.1, -0.05) is 36.4 Å². The third kappa shape index (κ3) is 3.64. The molecule has 1 N–H and O–H groups in total. The summed E-state index contributed by atoms with van der Waals surface area (Å²) in [5, 5.41) is 7.11. The van der Waals surface area contributed by atoms with Crippen molar-refractivity contribution in [2.45, 2.75) is 6.54 Å². The minimum absolute atomic E-state index is 0.208. The van der Waals surface area contributed by atoms with Gasteiger partial charge in [0.15, 0.2) is 5.65 Å². The number of hydrogen-bond donors (Lipinski definition) is 1.